The fourth-order valence-corrected chi connectivity index (χ4v) is 1.71. The van der Waals surface area contributed by atoms with Crippen molar-refractivity contribution >= 4 is 21.8 Å². The number of hydrogen-bond acceptors (Lipinski definition) is 2. The predicted molar refractivity (Wildman–Crippen MR) is 68.4 cm³/mol. The molecule has 0 radical (unpaired) electrons. The van der Waals surface area contributed by atoms with Crippen LogP contribution in [-0.4, -0.2) is 5.91 Å². The third-order valence-corrected chi connectivity index (χ3v) is 2.85. The number of furan rings is 1. The first-order chi connectivity index (χ1) is 8.24. The second-order valence-electron chi connectivity index (χ2n) is 3.66. The van der Waals surface area contributed by atoms with E-state index in [2.05, 4.69) is 21.2 Å². The molecule has 0 saturated heterocycles. The summed E-state index contributed by atoms with van der Waals surface area (Å²) in [6.45, 7) is 0.433. The van der Waals surface area contributed by atoms with Crippen LogP contribution in [0.15, 0.2) is 51.6 Å². The fourth-order valence-electron chi connectivity index (χ4n) is 1.45. The van der Waals surface area contributed by atoms with E-state index in [1.54, 1.807) is 12.3 Å². The summed E-state index contributed by atoms with van der Waals surface area (Å²) in [5, 5.41) is 2.80. The van der Waals surface area contributed by atoms with Gasteiger partial charge in [0.25, 0.3) is 0 Å². The molecule has 1 amide bonds. The summed E-state index contributed by atoms with van der Waals surface area (Å²) in [6.07, 6.45) is 1.98. The minimum atomic E-state index is -0.0104. The number of halogens is 1. The smallest absolute Gasteiger partial charge is 0.224 e. The third-order valence-electron chi connectivity index (χ3n) is 2.32. The van der Waals surface area contributed by atoms with Crippen molar-refractivity contribution in [1.29, 1.82) is 0 Å². The lowest BCUT2D eigenvalue weighted by atomic mass is 10.1. The van der Waals surface area contributed by atoms with Crippen LogP contribution < -0.4 is 5.32 Å². The van der Waals surface area contributed by atoms with Gasteiger partial charge in [-0.15, -0.1) is 0 Å². The highest BCUT2D eigenvalue weighted by Gasteiger charge is 2.04. The molecule has 0 saturated carbocycles. The van der Waals surface area contributed by atoms with Crippen LogP contribution in [-0.2, 0) is 17.8 Å². The van der Waals surface area contributed by atoms with Gasteiger partial charge in [-0.3, -0.25) is 4.79 Å². The average Bonchev–Trinajstić information content (AvgIpc) is 2.83. The SMILES string of the molecule is O=C(Cc1ccc(Br)cc1)NCc1ccco1. The number of carbonyl (C=O) groups is 1. The Morgan fingerprint density at radius 1 is 1.24 bits per heavy atom. The Balaban J connectivity index is 1.83. The van der Waals surface area contributed by atoms with Gasteiger partial charge >= 0.3 is 0 Å². The van der Waals surface area contributed by atoms with E-state index in [1.807, 2.05) is 30.3 Å². The van der Waals surface area contributed by atoms with Gasteiger partial charge in [-0.05, 0) is 29.8 Å². The minimum Gasteiger partial charge on any atom is -0.467 e. The zero-order chi connectivity index (χ0) is 12.1. The molecule has 1 aromatic carbocycles. The fraction of sp³-hybridized carbons (Fsp3) is 0.154. The summed E-state index contributed by atoms with van der Waals surface area (Å²) >= 11 is 3.36. The zero-order valence-electron chi connectivity index (χ0n) is 9.15. The lowest BCUT2D eigenvalue weighted by Gasteiger charge is -2.03. The van der Waals surface area contributed by atoms with Gasteiger partial charge in [-0.2, -0.15) is 0 Å². The van der Waals surface area contributed by atoms with E-state index >= 15 is 0 Å². The van der Waals surface area contributed by atoms with Crippen molar-refractivity contribution in [1.82, 2.24) is 5.32 Å². The van der Waals surface area contributed by atoms with Crippen molar-refractivity contribution in [3.63, 3.8) is 0 Å². The number of hydrogen-bond donors (Lipinski definition) is 1. The molecule has 0 bridgehead atoms. The first-order valence-electron chi connectivity index (χ1n) is 5.27. The summed E-state index contributed by atoms with van der Waals surface area (Å²) in [5.74, 6) is 0.748. The highest BCUT2D eigenvalue weighted by Crippen LogP contribution is 2.10. The lowest BCUT2D eigenvalue weighted by molar-refractivity contribution is -0.120. The Bertz CT molecular complexity index is 477. The third kappa shape index (κ3) is 3.75. The van der Waals surface area contributed by atoms with Gasteiger partial charge in [0, 0.05) is 4.47 Å². The van der Waals surface area contributed by atoms with Crippen LogP contribution >= 0.6 is 15.9 Å². The van der Waals surface area contributed by atoms with E-state index in [0.29, 0.717) is 13.0 Å². The molecule has 17 heavy (non-hydrogen) atoms. The van der Waals surface area contributed by atoms with Crippen LogP contribution in [0.25, 0.3) is 0 Å². The van der Waals surface area contributed by atoms with Crippen molar-refractivity contribution in [3.8, 4) is 0 Å². The van der Waals surface area contributed by atoms with Crippen LogP contribution in [0.4, 0.5) is 0 Å². The van der Waals surface area contributed by atoms with E-state index < -0.39 is 0 Å². The Morgan fingerprint density at radius 2 is 2.00 bits per heavy atom. The number of amides is 1. The highest BCUT2D eigenvalue weighted by atomic mass is 79.9. The highest BCUT2D eigenvalue weighted by molar-refractivity contribution is 9.10. The Labute approximate surface area is 108 Å². The maximum absolute atomic E-state index is 11.6. The molecule has 0 atom stereocenters. The molecule has 0 spiro atoms. The van der Waals surface area contributed by atoms with Crippen LogP contribution in [0.2, 0.25) is 0 Å². The molecule has 3 nitrogen and oxygen atoms in total. The molecule has 0 fully saturated rings. The molecule has 1 aromatic heterocycles. The second kappa shape index (κ2) is 5.68. The van der Waals surface area contributed by atoms with Crippen LogP contribution in [0, 0.1) is 0 Å². The molecule has 4 heteroatoms. The summed E-state index contributed by atoms with van der Waals surface area (Å²) in [7, 11) is 0. The maximum atomic E-state index is 11.6. The largest absolute Gasteiger partial charge is 0.467 e. The number of carbonyl (C=O) groups excluding carboxylic acids is 1. The van der Waals surface area contributed by atoms with Gasteiger partial charge in [0.2, 0.25) is 5.91 Å². The molecule has 0 unspecified atom stereocenters. The van der Waals surface area contributed by atoms with Crippen LogP contribution in [0.1, 0.15) is 11.3 Å². The standard InChI is InChI=1S/C13H12BrNO2/c14-11-5-3-10(4-6-11)8-13(16)15-9-12-2-1-7-17-12/h1-7H,8-9H2,(H,15,16). The Morgan fingerprint density at radius 3 is 2.65 bits per heavy atom. The molecule has 88 valence electrons. The monoisotopic (exact) mass is 293 g/mol. The minimum absolute atomic E-state index is 0.0104. The average molecular weight is 294 g/mol. The molecule has 1 N–H and O–H groups in total. The van der Waals surface area contributed by atoms with Gasteiger partial charge in [-0.25, -0.2) is 0 Å². The van der Waals surface area contributed by atoms with Gasteiger partial charge in [-0.1, -0.05) is 28.1 Å². The summed E-state index contributed by atoms with van der Waals surface area (Å²) in [6, 6.07) is 11.3. The normalized spacial score (nSPS) is 10.2. The quantitative estimate of drug-likeness (QED) is 0.942. The van der Waals surface area contributed by atoms with E-state index in [-0.39, 0.29) is 5.91 Å². The van der Waals surface area contributed by atoms with Crippen molar-refractivity contribution in [3.05, 3.63) is 58.5 Å². The molecule has 2 aromatic rings. The topological polar surface area (TPSA) is 42.2 Å². The van der Waals surface area contributed by atoms with Crippen molar-refractivity contribution in [2.45, 2.75) is 13.0 Å². The molecular weight excluding hydrogens is 282 g/mol. The summed E-state index contributed by atoms with van der Waals surface area (Å²) in [4.78, 5) is 11.6. The first-order valence-corrected chi connectivity index (χ1v) is 6.07. The maximum Gasteiger partial charge on any atom is 0.224 e. The molecule has 2 rings (SSSR count). The Hall–Kier alpha value is -1.55. The van der Waals surface area contributed by atoms with Crippen LogP contribution in [0.5, 0.6) is 0 Å². The van der Waals surface area contributed by atoms with Gasteiger partial charge in [0.1, 0.15) is 5.76 Å². The summed E-state index contributed by atoms with van der Waals surface area (Å²) < 4.78 is 6.14. The molecule has 0 aliphatic heterocycles. The molecule has 0 aliphatic rings. The van der Waals surface area contributed by atoms with Crippen molar-refractivity contribution in [2.24, 2.45) is 0 Å². The number of rotatable bonds is 4. The Kier molecular flexibility index (Phi) is 3.98. The lowest BCUT2D eigenvalue weighted by Crippen LogP contribution is -2.24. The van der Waals surface area contributed by atoms with E-state index in [1.165, 1.54) is 0 Å². The second-order valence-corrected chi connectivity index (χ2v) is 4.58. The van der Waals surface area contributed by atoms with Crippen molar-refractivity contribution < 1.29 is 9.21 Å². The molecule has 1 heterocycles. The van der Waals surface area contributed by atoms with Gasteiger partial charge in [0.15, 0.2) is 0 Å². The zero-order valence-corrected chi connectivity index (χ0v) is 10.7. The van der Waals surface area contributed by atoms with E-state index in [4.69, 9.17) is 4.42 Å². The van der Waals surface area contributed by atoms with E-state index in [9.17, 15) is 4.79 Å². The molecular formula is C13H12BrNO2. The number of benzene rings is 1. The first kappa shape index (κ1) is 11.9. The molecule has 0 aliphatic carbocycles. The predicted octanol–water partition coefficient (Wildman–Crippen LogP) is 2.90. The van der Waals surface area contributed by atoms with Gasteiger partial charge < -0.3 is 9.73 Å². The van der Waals surface area contributed by atoms with Crippen molar-refractivity contribution in [2.75, 3.05) is 0 Å². The van der Waals surface area contributed by atoms with Gasteiger partial charge in [0.05, 0.1) is 19.2 Å². The van der Waals surface area contributed by atoms with Crippen LogP contribution in [0.3, 0.4) is 0 Å². The summed E-state index contributed by atoms with van der Waals surface area (Å²) in [5.41, 5.74) is 0.991. The van der Waals surface area contributed by atoms with E-state index in [0.717, 1.165) is 15.8 Å². The number of nitrogens with one attached hydrogen (secondary N) is 1.